The van der Waals surface area contributed by atoms with Crippen molar-refractivity contribution in [3.05, 3.63) is 80.6 Å². The summed E-state index contributed by atoms with van der Waals surface area (Å²) in [5.74, 6) is 0.393. The van der Waals surface area contributed by atoms with Gasteiger partial charge in [-0.2, -0.15) is 0 Å². The maximum Gasteiger partial charge on any atom is 0.194 e. The van der Waals surface area contributed by atoms with Crippen LogP contribution in [0.4, 0.5) is 0 Å². The van der Waals surface area contributed by atoms with Gasteiger partial charge in [0.15, 0.2) is 10.9 Å². The molecule has 3 aliphatic carbocycles. The zero-order valence-corrected chi connectivity index (χ0v) is 14.1. The molecule has 25 heavy (non-hydrogen) atoms. The minimum atomic E-state index is -0.00541. The molecule has 0 aromatic heterocycles. The van der Waals surface area contributed by atoms with E-state index in [2.05, 4.69) is 32.0 Å². The third-order valence-electron chi connectivity index (χ3n) is 5.33. The van der Waals surface area contributed by atoms with Crippen LogP contribution < -0.4 is 10.9 Å². The van der Waals surface area contributed by atoms with Crippen LogP contribution in [0.25, 0.3) is 43.8 Å². The zero-order chi connectivity index (χ0) is 17.3. The molecule has 0 N–H and O–H groups in total. The topological polar surface area (TPSA) is 34.1 Å². The molecule has 120 valence electrons. The molecule has 0 heterocycles. The van der Waals surface area contributed by atoms with Crippen LogP contribution in [0.15, 0.2) is 64.2 Å². The third-order valence-corrected chi connectivity index (χ3v) is 5.33. The highest BCUT2D eigenvalue weighted by atomic mass is 16.1. The molecule has 2 aromatic rings. The van der Waals surface area contributed by atoms with E-state index in [9.17, 15) is 9.59 Å². The van der Waals surface area contributed by atoms with Gasteiger partial charge in [-0.15, -0.1) is 0 Å². The van der Waals surface area contributed by atoms with E-state index < -0.39 is 0 Å². The quantitative estimate of drug-likeness (QED) is 0.438. The van der Waals surface area contributed by atoms with E-state index in [4.69, 9.17) is 0 Å². The number of hydrogen-bond donors (Lipinski definition) is 0. The smallest absolute Gasteiger partial charge is 0.194 e. The Morgan fingerprint density at radius 3 is 2.24 bits per heavy atom. The Morgan fingerprint density at radius 2 is 1.48 bits per heavy atom. The highest BCUT2D eigenvalue weighted by molar-refractivity contribution is 6.13. The first-order valence-electron chi connectivity index (χ1n) is 8.57. The first-order chi connectivity index (χ1) is 12.1. The Morgan fingerprint density at radius 1 is 0.720 bits per heavy atom. The van der Waals surface area contributed by atoms with E-state index in [1.807, 2.05) is 30.3 Å². The average Bonchev–Trinajstić information content (AvgIpc) is 3.11. The molecule has 0 saturated carbocycles. The fourth-order valence-electron chi connectivity index (χ4n) is 4.04. The van der Waals surface area contributed by atoms with Crippen molar-refractivity contribution in [1.29, 1.82) is 0 Å². The van der Waals surface area contributed by atoms with Crippen LogP contribution in [0.3, 0.4) is 0 Å². The number of benzene rings is 3. The van der Waals surface area contributed by atoms with Crippen molar-refractivity contribution >= 4 is 21.5 Å². The van der Waals surface area contributed by atoms with Gasteiger partial charge in [0.05, 0.1) is 0 Å². The van der Waals surface area contributed by atoms with Crippen molar-refractivity contribution < 1.29 is 0 Å². The van der Waals surface area contributed by atoms with Crippen molar-refractivity contribution in [3.63, 3.8) is 0 Å². The van der Waals surface area contributed by atoms with Crippen molar-refractivity contribution in [1.82, 2.24) is 0 Å². The predicted molar refractivity (Wildman–Crippen MR) is 104 cm³/mol. The Kier molecular flexibility index (Phi) is 2.73. The van der Waals surface area contributed by atoms with E-state index in [1.54, 1.807) is 6.07 Å². The molecule has 0 saturated heterocycles. The van der Waals surface area contributed by atoms with Crippen LogP contribution in [0.2, 0.25) is 0 Å². The first-order valence-corrected chi connectivity index (χ1v) is 8.57. The summed E-state index contributed by atoms with van der Waals surface area (Å²) < 4.78 is 0. The molecular formula is C23H16O2. The van der Waals surface area contributed by atoms with E-state index >= 15 is 0 Å². The summed E-state index contributed by atoms with van der Waals surface area (Å²) in [7, 11) is 0. The molecule has 0 radical (unpaired) electrons. The van der Waals surface area contributed by atoms with Crippen LogP contribution in [-0.4, -0.2) is 0 Å². The monoisotopic (exact) mass is 324 g/mol. The van der Waals surface area contributed by atoms with Gasteiger partial charge in [0.1, 0.15) is 0 Å². The lowest BCUT2D eigenvalue weighted by Gasteiger charge is -2.07. The summed E-state index contributed by atoms with van der Waals surface area (Å²) >= 11 is 0. The fourth-order valence-corrected chi connectivity index (χ4v) is 4.04. The summed E-state index contributed by atoms with van der Waals surface area (Å²) in [5, 5.41) is 3.54. The Bertz CT molecular complexity index is 1300. The number of rotatable bonds is 1. The largest absolute Gasteiger partial charge is 0.289 e. The number of hydrogen-bond acceptors (Lipinski definition) is 2. The highest BCUT2D eigenvalue weighted by Gasteiger charge is 2.26. The van der Waals surface area contributed by atoms with E-state index in [-0.39, 0.29) is 10.9 Å². The van der Waals surface area contributed by atoms with Crippen LogP contribution in [0.5, 0.6) is 0 Å². The third kappa shape index (κ3) is 1.79. The molecule has 0 bridgehead atoms. The molecule has 2 heteroatoms. The SMILES string of the molecule is CC(C)c1ccc2cc3c4c(=O)c5ccccc5c-4cc(=O)c-3c2c1. The molecule has 2 aromatic carbocycles. The van der Waals surface area contributed by atoms with Gasteiger partial charge in [0.25, 0.3) is 0 Å². The van der Waals surface area contributed by atoms with Gasteiger partial charge in [-0.05, 0) is 50.9 Å². The van der Waals surface area contributed by atoms with Crippen molar-refractivity contribution in [2.24, 2.45) is 0 Å². The molecule has 0 fully saturated rings. The second kappa shape index (κ2) is 4.76. The minimum absolute atomic E-state index is 0.00541. The molecule has 0 spiro atoms. The van der Waals surface area contributed by atoms with E-state index in [0.717, 1.165) is 27.3 Å². The van der Waals surface area contributed by atoms with Gasteiger partial charge in [-0.3, -0.25) is 9.59 Å². The Hall–Kier alpha value is -3.00. The van der Waals surface area contributed by atoms with Gasteiger partial charge >= 0.3 is 0 Å². The summed E-state index contributed by atoms with van der Waals surface area (Å²) in [6.45, 7) is 4.28. The van der Waals surface area contributed by atoms with Crippen LogP contribution in [0.1, 0.15) is 25.3 Å². The second-order valence-electron chi connectivity index (χ2n) is 7.11. The van der Waals surface area contributed by atoms with Crippen LogP contribution in [0, 0.1) is 0 Å². The van der Waals surface area contributed by atoms with Crippen molar-refractivity contribution in [3.8, 4) is 22.3 Å². The molecule has 0 amide bonds. The Labute approximate surface area is 144 Å². The zero-order valence-electron chi connectivity index (χ0n) is 14.1. The first kappa shape index (κ1) is 14.4. The maximum absolute atomic E-state index is 13.0. The molecule has 5 rings (SSSR count). The normalized spacial score (nSPS) is 12.3. The molecule has 2 nitrogen and oxygen atoms in total. The summed E-state index contributed by atoms with van der Waals surface area (Å²) in [5.41, 5.74) is 4.14. The van der Waals surface area contributed by atoms with Gasteiger partial charge in [-0.25, -0.2) is 0 Å². The minimum Gasteiger partial charge on any atom is -0.289 e. The van der Waals surface area contributed by atoms with Gasteiger partial charge in [-0.1, -0.05) is 56.3 Å². The molecule has 0 atom stereocenters. The highest BCUT2D eigenvalue weighted by Crippen LogP contribution is 2.42. The van der Waals surface area contributed by atoms with E-state index in [0.29, 0.717) is 22.4 Å². The van der Waals surface area contributed by atoms with Crippen LogP contribution in [-0.2, 0) is 0 Å². The predicted octanol–water partition coefficient (Wildman–Crippen LogP) is 4.92. The van der Waals surface area contributed by atoms with Gasteiger partial charge in [0, 0.05) is 16.5 Å². The average molecular weight is 324 g/mol. The molecule has 0 unspecified atom stereocenters. The van der Waals surface area contributed by atoms with Crippen molar-refractivity contribution in [2.45, 2.75) is 19.8 Å². The molecule has 0 aliphatic heterocycles. The lowest BCUT2D eigenvalue weighted by atomic mass is 9.94. The van der Waals surface area contributed by atoms with Crippen LogP contribution >= 0.6 is 0 Å². The summed E-state index contributed by atoms with van der Waals surface area (Å²) in [4.78, 5) is 25.9. The summed E-state index contributed by atoms with van der Waals surface area (Å²) in [6.07, 6.45) is 0. The standard InChI is InChI=1S/C23H16O2/c1-12(2)13-7-8-14-10-19-21(17(14)9-13)20(24)11-18-15-5-3-4-6-16(15)23(25)22(18)19/h3-12H,1-2H3. The lowest BCUT2D eigenvalue weighted by molar-refractivity contribution is 0.869. The fraction of sp³-hybridized carbons (Fsp3) is 0.130. The van der Waals surface area contributed by atoms with Crippen molar-refractivity contribution in [2.75, 3.05) is 0 Å². The lowest BCUT2D eigenvalue weighted by Crippen LogP contribution is -2.08. The van der Waals surface area contributed by atoms with Gasteiger partial charge in [0.2, 0.25) is 0 Å². The maximum atomic E-state index is 13.0. The molecule has 3 aliphatic rings. The Balaban J connectivity index is 2.00. The second-order valence-corrected chi connectivity index (χ2v) is 7.11. The summed E-state index contributed by atoms with van der Waals surface area (Å²) in [6, 6.07) is 17.4. The molecular weight excluding hydrogens is 308 g/mol. The van der Waals surface area contributed by atoms with E-state index in [1.165, 1.54) is 5.56 Å². The number of fused-ring (bicyclic) bond motifs is 7. The van der Waals surface area contributed by atoms with Gasteiger partial charge < -0.3 is 0 Å².